The first-order valence-electron chi connectivity index (χ1n) is 8.61. The molecule has 1 aromatic carbocycles. The number of benzene rings is 1. The topological polar surface area (TPSA) is 80.3 Å². The Morgan fingerprint density at radius 1 is 1.23 bits per heavy atom. The van der Waals surface area contributed by atoms with Gasteiger partial charge in [-0.1, -0.05) is 12.1 Å². The summed E-state index contributed by atoms with van der Waals surface area (Å²) in [4.78, 5) is 28.5. The fourth-order valence-corrected chi connectivity index (χ4v) is 2.58. The van der Waals surface area contributed by atoms with Gasteiger partial charge in [0.2, 0.25) is 5.91 Å². The molecule has 0 aliphatic rings. The van der Waals surface area contributed by atoms with E-state index in [4.69, 9.17) is 4.74 Å². The largest absolute Gasteiger partial charge is 0.497 e. The highest BCUT2D eigenvalue weighted by Gasteiger charge is 2.11. The van der Waals surface area contributed by atoms with Crippen LogP contribution in [0, 0.1) is 6.92 Å². The normalized spacial score (nSPS) is 11.5. The second kappa shape index (κ2) is 9.56. The summed E-state index contributed by atoms with van der Waals surface area (Å²) in [5.74, 6) is 0.292. The van der Waals surface area contributed by atoms with E-state index in [1.165, 1.54) is 0 Å². The highest BCUT2D eigenvalue weighted by atomic mass is 16.5. The minimum atomic E-state index is -0.228. The van der Waals surface area contributed by atoms with Crippen molar-refractivity contribution in [1.29, 1.82) is 0 Å². The fourth-order valence-electron chi connectivity index (χ4n) is 2.58. The van der Waals surface area contributed by atoms with Gasteiger partial charge in [0.25, 0.3) is 5.91 Å². The van der Waals surface area contributed by atoms with E-state index in [0.717, 1.165) is 11.3 Å². The average Bonchev–Trinajstić information content (AvgIpc) is 2.63. The summed E-state index contributed by atoms with van der Waals surface area (Å²) in [5.41, 5.74) is 2.59. The van der Waals surface area contributed by atoms with Gasteiger partial charge in [-0.15, -0.1) is 0 Å². The predicted octanol–water partition coefficient (Wildman–Crippen LogP) is 2.27. The molecular formula is C20H25N3O3. The molecule has 0 spiro atoms. The first kappa shape index (κ1) is 19.4. The van der Waals surface area contributed by atoms with Gasteiger partial charge in [-0.2, -0.15) is 0 Å². The van der Waals surface area contributed by atoms with Gasteiger partial charge in [-0.25, -0.2) is 0 Å². The second-order valence-electron chi connectivity index (χ2n) is 6.18. The first-order chi connectivity index (χ1) is 12.5. The average molecular weight is 355 g/mol. The standard InChI is InChI=1S/C20H25N3O3/c1-14-6-5-10-21-18(14)12-15(2)23-19(24)9-11-22-20(25)16-7-4-8-17(13-16)26-3/h4-8,10,13,15H,9,11-12H2,1-3H3,(H,22,25)(H,23,24). The highest BCUT2D eigenvalue weighted by molar-refractivity contribution is 5.94. The van der Waals surface area contributed by atoms with Gasteiger partial charge >= 0.3 is 0 Å². The predicted molar refractivity (Wildman–Crippen MR) is 100 cm³/mol. The van der Waals surface area contributed by atoms with Crippen LogP contribution in [0.15, 0.2) is 42.6 Å². The van der Waals surface area contributed by atoms with Crippen molar-refractivity contribution in [2.75, 3.05) is 13.7 Å². The van der Waals surface area contributed by atoms with Crippen molar-refractivity contribution in [3.05, 3.63) is 59.4 Å². The summed E-state index contributed by atoms with van der Waals surface area (Å²) in [5, 5.41) is 5.68. The lowest BCUT2D eigenvalue weighted by molar-refractivity contribution is -0.121. The van der Waals surface area contributed by atoms with E-state index < -0.39 is 0 Å². The molecule has 26 heavy (non-hydrogen) atoms. The number of methoxy groups -OCH3 is 1. The zero-order valence-corrected chi connectivity index (χ0v) is 15.4. The summed E-state index contributed by atoms with van der Waals surface area (Å²) in [7, 11) is 1.55. The molecule has 2 N–H and O–H groups in total. The van der Waals surface area contributed by atoms with Gasteiger partial charge in [-0.3, -0.25) is 14.6 Å². The molecule has 0 aliphatic carbocycles. The van der Waals surface area contributed by atoms with Crippen LogP contribution < -0.4 is 15.4 Å². The van der Waals surface area contributed by atoms with Gasteiger partial charge in [-0.05, 0) is 43.7 Å². The second-order valence-corrected chi connectivity index (χ2v) is 6.18. The number of ether oxygens (including phenoxy) is 1. The van der Waals surface area contributed by atoms with Crippen molar-refractivity contribution < 1.29 is 14.3 Å². The van der Waals surface area contributed by atoms with Crippen molar-refractivity contribution in [3.63, 3.8) is 0 Å². The van der Waals surface area contributed by atoms with Crippen molar-refractivity contribution in [2.24, 2.45) is 0 Å². The van der Waals surface area contributed by atoms with Gasteiger partial charge in [0.15, 0.2) is 0 Å². The van der Waals surface area contributed by atoms with Gasteiger partial charge < -0.3 is 15.4 Å². The molecule has 0 saturated carbocycles. The van der Waals surface area contributed by atoms with Crippen LogP contribution in [0.3, 0.4) is 0 Å². The number of nitrogens with zero attached hydrogens (tertiary/aromatic N) is 1. The number of pyridine rings is 1. The van der Waals surface area contributed by atoms with Crippen LogP contribution in [0.5, 0.6) is 5.75 Å². The van der Waals surface area contributed by atoms with Crippen LogP contribution in [-0.4, -0.2) is 36.5 Å². The molecule has 1 unspecified atom stereocenters. The van der Waals surface area contributed by atoms with Gasteiger partial charge in [0, 0.05) is 42.9 Å². The molecule has 1 atom stereocenters. The SMILES string of the molecule is COc1cccc(C(=O)NCCC(=O)NC(C)Cc2ncccc2C)c1. The number of carbonyl (C=O) groups excluding carboxylic acids is 2. The zero-order valence-electron chi connectivity index (χ0n) is 15.4. The monoisotopic (exact) mass is 355 g/mol. The third-order valence-electron chi connectivity index (χ3n) is 3.99. The molecule has 6 nitrogen and oxygen atoms in total. The number of aromatic nitrogens is 1. The van der Waals surface area contributed by atoms with Gasteiger partial charge in [0.1, 0.15) is 5.75 Å². The maximum atomic E-state index is 12.1. The molecule has 138 valence electrons. The molecule has 0 fully saturated rings. The summed E-state index contributed by atoms with van der Waals surface area (Å²) in [6.07, 6.45) is 2.65. The van der Waals surface area contributed by atoms with Crippen LogP contribution in [0.4, 0.5) is 0 Å². The molecule has 6 heteroatoms. The van der Waals surface area contributed by atoms with E-state index in [1.54, 1.807) is 37.6 Å². The van der Waals surface area contributed by atoms with Crippen LogP contribution >= 0.6 is 0 Å². The molecule has 2 rings (SSSR count). The molecule has 1 heterocycles. The number of aryl methyl sites for hydroxylation is 1. The number of hydrogen-bond acceptors (Lipinski definition) is 4. The Balaban J connectivity index is 1.74. The summed E-state index contributed by atoms with van der Waals surface area (Å²) in [6.45, 7) is 4.23. The van der Waals surface area contributed by atoms with Gasteiger partial charge in [0.05, 0.1) is 7.11 Å². The van der Waals surface area contributed by atoms with Crippen LogP contribution in [0.25, 0.3) is 0 Å². The number of carbonyl (C=O) groups is 2. The van der Waals surface area contributed by atoms with E-state index in [1.807, 2.05) is 26.0 Å². The molecule has 2 amide bonds. The Labute approximate surface area is 154 Å². The zero-order chi connectivity index (χ0) is 18.9. The Morgan fingerprint density at radius 2 is 2.04 bits per heavy atom. The van der Waals surface area contributed by atoms with Crippen molar-refractivity contribution >= 4 is 11.8 Å². The third-order valence-corrected chi connectivity index (χ3v) is 3.99. The Bertz CT molecular complexity index is 761. The van der Waals surface area contributed by atoms with Crippen molar-refractivity contribution in [2.45, 2.75) is 32.7 Å². The molecule has 0 bridgehead atoms. The summed E-state index contributed by atoms with van der Waals surface area (Å²) < 4.78 is 5.10. The Morgan fingerprint density at radius 3 is 2.77 bits per heavy atom. The molecule has 1 aromatic heterocycles. The van der Waals surface area contributed by atoms with Crippen molar-refractivity contribution in [3.8, 4) is 5.75 Å². The minimum absolute atomic E-state index is 0.0230. The van der Waals surface area contributed by atoms with E-state index in [0.29, 0.717) is 17.7 Å². The Hall–Kier alpha value is -2.89. The fraction of sp³-hybridized carbons (Fsp3) is 0.350. The van der Waals surface area contributed by atoms with Crippen LogP contribution in [0.2, 0.25) is 0 Å². The smallest absolute Gasteiger partial charge is 0.251 e. The summed E-state index contributed by atoms with van der Waals surface area (Å²) in [6, 6.07) is 10.8. The highest BCUT2D eigenvalue weighted by Crippen LogP contribution is 2.12. The minimum Gasteiger partial charge on any atom is -0.497 e. The molecular weight excluding hydrogens is 330 g/mol. The lowest BCUT2D eigenvalue weighted by Crippen LogP contribution is -2.36. The van der Waals surface area contributed by atoms with E-state index in [9.17, 15) is 9.59 Å². The molecule has 0 saturated heterocycles. The Kier molecular flexibility index (Phi) is 7.14. The lowest BCUT2D eigenvalue weighted by atomic mass is 10.1. The van der Waals surface area contributed by atoms with Crippen LogP contribution in [-0.2, 0) is 11.2 Å². The maximum Gasteiger partial charge on any atom is 0.251 e. The van der Waals surface area contributed by atoms with E-state index >= 15 is 0 Å². The number of nitrogens with one attached hydrogen (secondary N) is 2. The number of rotatable bonds is 8. The van der Waals surface area contributed by atoms with E-state index in [2.05, 4.69) is 15.6 Å². The van der Waals surface area contributed by atoms with Crippen LogP contribution in [0.1, 0.15) is 35.0 Å². The van der Waals surface area contributed by atoms with Crippen molar-refractivity contribution in [1.82, 2.24) is 15.6 Å². The number of amides is 2. The molecule has 0 aliphatic heterocycles. The molecule has 0 radical (unpaired) electrons. The number of hydrogen-bond donors (Lipinski definition) is 2. The first-order valence-corrected chi connectivity index (χ1v) is 8.61. The maximum absolute atomic E-state index is 12.1. The summed E-state index contributed by atoms with van der Waals surface area (Å²) >= 11 is 0. The lowest BCUT2D eigenvalue weighted by Gasteiger charge is -2.15. The third kappa shape index (κ3) is 5.88. The quantitative estimate of drug-likeness (QED) is 0.761. The van der Waals surface area contributed by atoms with E-state index in [-0.39, 0.29) is 30.8 Å². The molecule has 2 aromatic rings.